The average Bonchev–Trinajstić information content (AvgIpc) is 2.79. The number of nitrogens with zero attached hydrogens (tertiary/aromatic N) is 2. The molecule has 1 aliphatic carbocycles. The van der Waals surface area contributed by atoms with Crippen molar-refractivity contribution >= 4 is 0 Å². The van der Waals surface area contributed by atoms with Gasteiger partial charge in [0.15, 0.2) is 0 Å². The molecule has 5 nitrogen and oxygen atoms in total. The van der Waals surface area contributed by atoms with Crippen molar-refractivity contribution in [3.05, 3.63) is 34.9 Å². The Labute approximate surface area is 111 Å². The molecule has 0 saturated heterocycles. The minimum Gasteiger partial charge on any atom is -0.420 e. The van der Waals surface area contributed by atoms with Crippen molar-refractivity contribution in [1.82, 2.24) is 10.2 Å². The van der Waals surface area contributed by atoms with Crippen LogP contribution in [0.4, 0.5) is 0 Å². The largest absolute Gasteiger partial charge is 0.420 e. The highest BCUT2D eigenvalue weighted by atomic mass is 16.5. The second kappa shape index (κ2) is 4.47. The Morgan fingerprint density at radius 1 is 1.53 bits per heavy atom. The normalized spacial score (nSPS) is 25.7. The fourth-order valence-corrected chi connectivity index (χ4v) is 3.03. The summed E-state index contributed by atoms with van der Waals surface area (Å²) in [6.07, 6.45) is 7.45. The van der Waals surface area contributed by atoms with Crippen molar-refractivity contribution in [2.75, 3.05) is 0 Å². The first-order valence-corrected chi connectivity index (χ1v) is 6.49. The number of fused-ring (bicyclic) bond motifs is 1. The molecular weight excluding hydrogens is 240 g/mol. The molecule has 0 bridgehead atoms. The molecule has 0 amide bonds. The molecular formula is C14H16N4O. The van der Waals surface area contributed by atoms with Gasteiger partial charge in [0.2, 0.25) is 11.8 Å². The third kappa shape index (κ3) is 1.80. The van der Waals surface area contributed by atoms with E-state index in [1.807, 2.05) is 6.92 Å². The fraction of sp³-hybridized carbons (Fsp3) is 0.429. The smallest absolute Gasteiger partial charge is 0.243 e. The zero-order valence-corrected chi connectivity index (χ0v) is 10.8. The van der Waals surface area contributed by atoms with Crippen LogP contribution in [0, 0.1) is 24.2 Å². The summed E-state index contributed by atoms with van der Waals surface area (Å²) in [7, 11) is 0. The van der Waals surface area contributed by atoms with Crippen LogP contribution < -0.4 is 10.5 Å². The third-order valence-corrected chi connectivity index (χ3v) is 3.96. The molecule has 0 spiro atoms. The van der Waals surface area contributed by atoms with E-state index in [0.717, 1.165) is 30.5 Å². The highest BCUT2D eigenvalue weighted by Crippen LogP contribution is 2.46. The van der Waals surface area contributed by atoms with Crippen LogP contribution in [0.2, 0.25) is 0 Å². The van der Waals surface area contributed by atoms with Gasteiger partial charge in [-0.2, -0.15) is 5.26 Å². The number of aryl methyl sites for hydroxylation is 1. The lowest BCUT2D eigenvalue weighted by Crippen LogP contribution is -2.25. The summed E-state index contributed by atoms with van der Waals surface area (Å²) in [5.41, 5.74) is 8.36. The van der Waals surface area contributed by atoms with Gasteiger partial charge in [-0.15, -0.1) is 5.10 Å². The summed E-state index contributed by atoms with van der Waals surface area (Å²) in [6, 6.07) is 2.22. The number of ether oxygens (including phenoxy) is 1. The van der Waals surface area contributed by atoms with Gasteiger partial charge in [0.1, 0.15) is 6.07 Å². The number of rotatable bonds is 1. The van der Waals surface area contributed by atoms with Crippen LogP contribution in [0.15, 0.2) is 23.6 Å². The summed E-state index contributed by atoms with van der Waals surface area (Å²) < 4.78 is 5.45. The maximum Gasteiger partial charge on any atom is 0.243 e. The zero-order valence-electron chi connectivity index (χ0n) is 10.8. The lowest BCUT2D eigenvalue weighted by Gasteiger charge is -2.31. The summed E-state index contributed by atoms with van der Waals surface area (Å²) >= 11 is 0. The van der Waals surface area contributed by atoms with Gasteiger partial charge in [0.25, 0.3) is 0 Å². The Morgan fingerprint density at radius 2 is 2.37 bits per heavy atom. The van der Waals surface area contributed by atoms with Crippen LogP contribution >= 0.6 is 0 Å². The molecule has 0 saturated carbocycles. The highest BCUT2D eigenvalue weighted by molar-refractivity contribution is 5.49. The molecule has 19 heavy (non-hydrogen) atoms. The number of hydrogen-bond acceptors (Lipinski definition) is 4. The molecule has 0 fully saturated rings. The number of aromatic nitrogens is 2. The molecule has 1 aromatic rings. The first kappa shape index (κ1) is 11.8. The maximum atomic E-state index is 9.40. The lowest BCUT2D eigenvalue weighted by molar-refractivity contribution is 0.339. The number of nitriles is 1. The molecule has 3 N–H and O–H groups in total. The van der Waals surface area contributed by atoms with Gasteiger partial charge in [0.05, 0.1) is 5.57 Å². The van der Waals surface area contributed by atoms with E-state index in [0.29, 0.717) is 17.4 Å². The van der Waals surface area contributed by atoms with Crippen LogP contribution in [-0.4, -0.2) is 10.2 Å². The topological polar surface area (TPSA) is 87.7 Å². The van der Waals surface area contributed by atoms with Crippen LogP contribution in [0.1, 0.15) is 36.4 Å². The van der Waals surface area contributed by atoms with Gasteiger partial charge >= 0.3 is 0 Å². The Balaban J connectivity index is 2.10. The van der Waals surface area contributed by atoms with Crippen LogP contribution in [0.5, 0.6) is 5.88 Å². The number of allylic oxidation sites excluding steroid dienone is 3. The molecule has 3 rings (SSSR count). The van der Waals surface area contributed by atoms with Crippen molar-refractivity contribution in [1.29, 1.82) is 5.26 Å². The van der Waals surface area contributed by atoms with Crippen molar-refractivity contribution in [3.8, 4) is 11.9 Å². The number of aromatic amines is 1. The van der Waals surface area contributed by atoms with E-state index in [2.05, 4.69) is 28.4 Å². The third-order valence-electron chi connectivity index (χ3n) is 3.96. The molecule has 5 heteroatoms. The summed E-state index contributed by atoms with van der Waals surface area (Å²) in [5.74, 6) is 1.10. The molecule has 2 heterocycles. The standard InChI is InChI=1S/C14H16N4O/c1-8-11-12(9-5-3-2-4-6-9)10(7-15)13(16)19-14(11)18-17-8/h2-3,9,12H,4-6,16H2,1H3,(H,17,18)/t9-,12+/m0/s1. The number of nitrogens with two attached hydrogens (primary N) is 1. The maximum absolute atomic E-state index is 9.40. The highest BCUT2D eigenvalue weighted by Gasteiger charge is 2.37. The summed E-state index contributed by atoms with van der Waals surface area (Å²) in [6.45, 7) is 1.96. The predicted octanol–water partition coefficient (Wildman–Crippen LogP) is 2.24. The second-order valence-corrected chi connectivity index (χ2v) is 5.08. The van der Waals surface area contributed by atoms with E-state index in [-0.39, 0.29) is 11.8 Å². The van der Waals surface area contributed by atoms with Gasteiger partial charge in [-0.1, -0.05) is 12.2 Å². The summed E-state index contributed by atoms with van der Waals surface area (Å²) in [4.78, 5) is 0. The molecule has 0 aromatic carbocycles. The minimum absolute atomic E-state index is 0.00236. The van der Waals surface area contributed by atoms with Crippen LogP contribution in [-0.2, 0) is 0 Å². The fourth-order valence-electron chi connectivity index (χ4n) is 3.03. The molecule has 0 unspecified atom stereocenters. The zero-order chi connectivity index (χ0) is 13.4. The summed E-state index contributed by atoms with van der Waals surface area (Å²) in [5, 5.41) is 16.5. The van der Waals surface area contributed by atoms with Crippen LogP contribution in [0.25, 0.3) is 0 Å². The quantitative estimate of drug-likeness (QED) is 0.754. The number of nitrogens with one attached hydrogen (secondary N) is 1. The number of H-pyrrole nitrogens is 1. The SMILES string of the molecule is Cc1[nH]nc2c1[C@H]([C@H]1CC=CCC1)C(C#N)=C(N)O2. The lowest BCUT2D eigenvalue weighted by atomic mass is 9.74. The van der Waals surface area contributed by atoms with E-state index in [4.69, 9.17) is 10.5 Å². The predicted molar refractivity (Wildman–Crippen MR) is 70.0 cm³/mol. The Kier molecular flexibility index (Phi) is 2.79. The van der Waals surface area contributed by atoms with E-state index >= 15 is 0 Å². The van der Waals surface area contributed by atoms with E-state index in [1.165, 1.54) is 0 Å². The van der Waals surface area contributed by atoms with E-state index in [9.17, 15) is 5.26 Å². The Hall–Kier alpha value is -2.22. The van der Waals surface area contributed by atoms with Crippen molar-refractivity contribution in [2.24, 2.45) is 11.7 Å². The first-order valence-electron chi connectivity index (χ1n) is 6.49. The van der Waals surface area contributed by atoms with Crippen LogP contribution in [0.3, 0.4) is 0 Å². The van der Waals surface area contributed by atoms with Gasteiger partial charge in [-0.3, -0.25) is 5.10 Å². The van der Waals surface area contributed by atoms with Crippen molar-refractivity contribution < 1.29 is 4.74 Å². The Morgan fingerprint density at radius 3 is 3.05 bits per heavy atom. The first-order chi connectivity index (χ1) is 9.22. The van der Waals surface area contributed by atoms with Gasteiger partial charge in [0, 0.05) is 17.2 Å². The van der Waals surface area contributed by atoms with Crippen molar-refractivity contribution in [2.45, 2.75) is 32.1 Å². The van der Waals surface area contributed by atoms with Crippen molar-refractivity contribution in [3.63, 3.8) is 0 Å². The van der Waals surface area contributed by atoms with E-state index < -0.39 is 0 Å². The van der Waals surface area contributed by atoms with Gasteiger partial charge in [-0.05, 0) is 32.1 Å². The number of hydrogen-bond donors (Lipinski definition) is 2. The second-order valence-electron chi connectivity index (χ2n) is 5.08. The molecule has 1 aliphatic heterocycles. The molecule has 2 atom stereocenters. The average molecular weight is 256 g/mol. The monoisotopic (exact) mass is 256 g/mol. The minimum atomic E-state index is -0.00236. The van der Waals surface area contributed by atoms with Gasteiger partial charge in [-0.25, -0.2) is 0 Å². The molecule has 98 valence electrons. The molecule has 2 aliphatic rings. The molecule has 0 radical (unpaired) electrons. The molecule has 1 aromatic heterocycles. The van der Waals surface area contributed by atoms with E-state index in [1.54, 1.807) is 0 Å². The van der Waals surface area contributed by atoms with Gasteiger partial charge < -0.3 is 10.5 Å². The Bertz CT molecular complexity index is 605.